The van der Waals surface area contributed by atoms with Crippen molar-refractivity contribution >= 4 is 6.03 Å². The highest BCUT2D eigenvalue weighted by molar-refractivity contribution is 5.74. The molecule has 0 saturated carbocycles. The van der Waals surface area contributed by atoms with Crippen LogP contribution < -0.4 is 10.1 Å². The second kappa shape index (κ2) is 7.87. The Morgan fingerprint density at radius 3 is 2.64 bits per heavy atom. The fourth-order valence-electron chi connectivity index (χ4n) is 2.62. The third-order valence-electron chi connectivity index (χ3n) is 3.89. The van der Waals surface area contributed by atoms with E-state index in [4.69, 9.17) is 4.74 Å². The topological polar surface area (TPSA) is 67.4 Å². The zero-order valence-electron chi connectivity index (χ0n) is 13.5. The number of urea groups is 1. The van der Waals surface area contributed by atoms with Crippen LogP contribution in [0.25, 0.3) is 0 Å². The Labute approximate surface area is 143 Å². The third-order valence-corrected chi connectivity index (χ3v) is 3.89. The van der Waals surface area contributed by atoms with Crippen LogP contribution in [0.1, 0.15) is 18.4 Å². The molecular weight excluding hydrogens is 330 g/mol. The number of hydrogen-bond acceptors (Lipinski definition) is 4. The van der Waals surface area contributed by atoms with Crippen LogP contribution in [0.5, 0.6) is 6.01 Å². The van der Waals surface area contributed by atoms with Gasteiger partial charge in [0.25, 0.3) is 0 Å². The van der Waals surface area contributed by atoms with Crippen molar-refractivity contribution in [1.29, 1.82) is 0 Å². The summed E-state index contributed by atoms with van der Waals surface area (Å²) in [5.41, 5.74) is 0.819. The van der Waals surface area contributed by atoms with Crippen molar-refractivity contribution in [1.82, 2.24) is 20.2 Å². The Balaban J connectivity index is 1.50. The van der Waals surface area contributed by atoms with E-state index in [0.29, 0.717) is 19.6 Å². The van der Waals surface area contributed by atoms with Crippen molar-refractivity contribution in [2.45, 2.75) is 25.5 Å². The predicted octanol–water partition coefficient (Wildman–Crippen LogP) is 2.51. The van der Waals surface area contributed by atoms with Gasteiger partial charge in [-0.05, 0) is 30.5 Å². The zero-order chi connectivity index (χ0) is 17.6. The molecule has 0 radical (unpaired) electrons. The minimum absolute atomic E-state index is 0.0972. The first-order valence-electron chi connectivity index (χ1n) is 8.01. The minimum Gasteiger partial charge on any atom is -0.458 e. The molecule has 1 atom stereocenters. The van der Waals surface area contributed by atoms with Gasteiger partial charge in [0, 0.05) is 13.1 Å². The molecule has 1 N–H and O–H groups in total. The fourth-order valence-corrected chi connectivity index (χ4v) is 2.62. The molecule has 1 fully saturated rings. The predicted molar refractivity (Wildman–Crippen MR) is 85.8 cm³/mol. The molecule has 1 saturated heterocycles. The molecule has 0 unspecified atom stereocenters. The van der Waals surface area contributed by atoms with E-state index >= 15 is 0 Å². The number of carbonyl (C=O) groups is 1. The van der Waals surface area contributed by atoms with Gasteiger partial charge in [-0.15, -0.1) is 0 Å². The summed E-state index contributed by atoms with van der Waals surface area (Å²) in [4.78, 5) is 21.5. The Morgan fingerprint density at radius 2 is 1.92 bits per heavy atom. The molecule has 25 heavy (non-hydrogen) atoms. The number of carbonyl (C=O) groups excluding carboxylic acids is 1. The second-order valence-electron chi connectivity index (χ2n) is 5.80. The highest BCUT2D eigenvalue weighted by atomic mass is 19.1. The summed E-state index contributed by atoms with van der Waals surface area (Å²) in [5.74, 6) is -0.841. The molecule has 6 nitrogen and oxygen atoms in total. The number of nitrogens with zero attached hydrogens (tertiary/aromatic N) is 3. The van der Waals surface area contributed by atoms with Gasteiger partial charge in [-0.1, -0.05) is 12.1 Å². The van der Waals surface area contributed by atoms with Gasteiger partial charge in [0.1, 0.15) is 11.9 Å². The lowest BCUT2D eigenvalue weighted by molar-refractivity contribution is 0.0936. The average molecular weight is 348 g/mol. The molecule has 0 aliphatic carbocycles. The zero-order valence-corrected chi connectivity index (χ0v) is 13.5. The summed E-state index contributed by atoms with van der Waals surface area (Å²) in [5, 5.41) is 2.81. The van der Waals surface area contributed by atoms with Gasteiger partial charge in [0.2, 0.25) is 0 Å². The molecule has 3 rings (SSSR count). The fraction of sp³-hybridized carbons (Fsp3) is 0.353. The van der Waals surface area contributed by atoms with Gasteiger partial charge in [0.15, 0.2) is 5.82 Å². The van der Waals surface area contributed by atoms with Crippen LogP contribution in [-0.4, -0.2) is 40.1 Å². The smallest absolute Gasteiger partial charge is 0.317 e. The lowest BCUT2D eigenvalue weighted by Crippen LogP contribution is -2.48. The molecule has 2 amide bonds. The highest BCUT2D eigenvalue weighted by Crippen LogP contribution is 2.15. The minimum atomic E-state index is -0.530. The van der Waals surface area contributed by atoms with Crippen LogP contribution in [-0.2, 0) is 6.54 Å². The maximum atomic E-state index is 12.9. The second-order valence-corrected chi connectivity index (χ2v) is 5.80. The molecule has 132 valence electrons. The summed E-state index contributed by atoms with van der Waals surface area (Å²) < 4.78 is 31.3. The van der Waals surface area contributed by atoms with Crippen LogP contribution in [0.4, 0.5) is 13.6 Å². The molecule has 8 heteroatoms. The standard InChI is InChI=1S/C17H18F2N4O2/c18-13-5-3-12(4-6-13)8-22-17(24)23-7-1-2-15(11-23)25-16-20-9-14(19)10-21-16/h3-6,9-10,15H,1-2,7-8,11H2,(H,22,24)/t15-/m1/s1. The van der Waals surface area contributed by atoms with E-state index < -0.39 is 5.82 Å². The van der Waals surface area contributed by atoms with Crippen molar-refractivity contribution in [3.63, 3.8) is 0 Å². The van der Waals surface area contributed by atoms with Gasteiger partial charge in [-0.2, -0.15) is 0 Å². The van der Waals surface area contributed by atoms with Crippen LogP contribution in [0.2, 0.25) is 0 Å². The largest absolute Gasteiger partial charge is 0.458 e. The van der Waals surface area contributed by atoms with Gasteiger partial charge in [-0.3, -0.25) is 0 Å². The summed E-state index contributed by atoms with van der Waals surface area (Å²) in [7, 11) is 0. The maximum Gasteiger partial charge on any atom is 0.317 e. The van der Waals surface area contributed by atoms with Crippen molar-refractivity contribution in [3.05, 3.63) is 53.9 Å². The van der Waals surface area contributed by atoms with Crippen LogP contribution in [0, 0.1) is 11.6 Å². The molecule has 1 aromatic carbocycles. The van der Waals surface area contributed by atoms with Crippen molar-refractivity contribution < 1.29 is 18.3 Å². The Morgan fingerprint density at radius 1 is 1.20 bits per heavy atom. The number of nitrogens with one attached hydrogen (secondary N) is 1. The lowest BCUT2D eigenvalue weighted by Gasteiger charge is -2.32. The molecule has 2 heterocycles. The molecule has 1 aromatic heterocycles. The van der Waals surface area contributed by atoms with Gasteiger partial charge in [-0.25, -0.2) is 23.5 Å². The lowest BCUT2D eigenvalue weighted by atomic mass is 10.1. The number of piperidine rings is 1. The number of likely N-dealkylation sites (tertiary alicyclic amines) is 1. The van der Waals surface area contributed by atoms with Crippen LogP contribution in [0.15, 0.2) is 36.7 Å². The van der Waals surface area contributed by atoms with Crippen molar-refractivity contribution in [3.8, 4) is 6.01 Å². The first kappa shape index (κ1) is 17.1. The van der Waals surface area contributed by atoms with Gasteiger partial charge < -0.3 is 15.0 Å². The van der Waals surface area contributed by atoms with Crippen molar-refractivity contribution in [2.24, 2.45) is 0 Å². The number of amides is 2. The van der Waals surface area contributed by atoms with Gasteiger partial charge >= 0.3 is 12.0 Å². The third kappa shape index (κ3) is 4.85. The molecule has 0 bridgehead atoms. The number of rotatable bonds is 4. The van der Waals surface area contributed by atoms with E-state index in [1.165, 1.54) is 12.1 Å². The van der Waals surface area contributed by atoms with Crippen LogP contribution in [0.3, 0.4) is 0 Å². The highest BCUT2D eigenvalue weighted by Gasteiger charge is 2.25. The normalized spacial score (nSPS) is 17.2. The van der Waals surface area contributed by atoms with Crippen molar-refractivity contribution in [2.75, 3.05) is 13.1 Å². The maximum absolute atomic E-state index is 12.9. The average Bonchev–Trinajstić information content (AvgIpc) is 2.63. The van der Waals surface area contributed by atoms with Crippen LogP contribution >= 0.6 is 0 Å². The van der Waals surface area contributed by atoms with Gasteiger partial charge in [0.05, 0.1) is 18.9 Å². The Hall–Kier alpha value is -2.77. The SMILES string of the molecule is O=C(NCc1ccc(F)cc1)N1CCC[C@@H](Oc2ncc(F)cn2)C1. The number of aromatic nitrogens is 2. The van der Waals surface area contributed by atoms with E-state index in [1.807, 2.05) is 0 Å². The van der Waals surface area contributed by atoms with E-state index in [9.17, 15) is 13.6 Å². The van der Waals surface area contributed by atoms with E-state index in [0.717, 1.165) is 30.8 Å². The van der Waals surface area contributed by atoms with E-state index in [1.54, 1.807) is 17.0 Å². The molecular formula is C17H18F2N4O2. The van der Waals surface area contributed by atoms with E-state index in [2.05, 4.69) is 15.3 Å². The monoisotopic (exact) mass is 348 g/mol. The molecule has 1 aliphatic rings. The first-order valence-corrected chi connectivity index (χ1v) is 8.01. The quantitative estimate of drug-likeness (QED) is 0.922. The molecule has 1 aliphatic heterocycles. The number of hydrogen-bond donors (Lipinski definition) is 1. The Kier molecular flexibility index (Phi) is 5.37. The summed E-state index contributed by atoms with van der Waals surface area (Å²) in [6.07, 6.45) is 3.39. The summed E-state index contributed by atoms with van der Waals surface area (Å²) >= 11 is 0. The summed E-state index contributed by atoms with van der Waals surface area (Å²) in [6.45, 7) is 1.34. The number of ether oxygens (including phenoxy) is 1. The number of benzene rings is 1. The first-order chi connectivity index (χ1) is 12.1. The van der Waals surface area contributed by atoms with E-state index in [-0.39, 0.29) is 24.0 Å². The summed E-state index contributed by atoms with van der Waals surface area (Å²) in [6, 6.07) is 5.86. The molecule has 0 spiro atoms. The number of halogens is 2. The molecule has 2 aromatic rings. The Bertz CT molecular complexity index is 710.